The van der Waals surface area contributed by atoms with Crippen LogP contribution in [0.4, 0.5) is 10.1 Å². The highest BCUT2D eigenvalue weighted by atomic mass is 19.1. The molecule has 2 N–H and O–H groups in total. The number of benzene rings is 3. The highest BCUT2D eigenvalue weighted by Crippen LogP contribution is 2.40. The minimum Gasteiger partial charge on any atom is -0.507 e. The number of anilines is 1. The van der Waals surface area contributed by atoms with E-state index < -0.39 is 5.82 Å². The molecule has 0 aromatic heterocycles. The number of halogens is 1. The van der Waals surface area contributed by atoms with E-state index in [1.165, 1.54) is 25.5 Å². The van der Waals surface area contributed by atoms with Crippen LogP contribution in [0.5, 0.6) is 11.5 Å². The number of nitrogens with one attached hydrogen (secondary N) is 1. The van der Waals surface area contributed by atoms with Crippen LogP contribution in [-0.2, 0) is 4.79 Å². The second kappa shape index (κ2) is 7.95. The van der Waals surface area contributed by atoms with Gasteiger partial charge in [0.15, 0.2) is 0 Å². The molecule has 0 unspecified atom stereocenters. The molecule has 0 aliphatic heterocycles. The van der Waals surface area contributed by atoms with Gasteiger partial charge in [0.2, 0.25) is 5.91 Å². The van der Waals surface area contributed by atoms with Crippen molar-refractivity contribution in [3.05, 3.63) is 66.5 Å². The predicted molar refractivity (Wildman–Crippen MR) is 112 cm³/mol. The Hall–Kier alpha value is -3.34. The number of aromatic hydroxyl groups is 1. The van der Waals surface area contributed by atoms with Crippen molar-refractivity contribution in [2.75, 3.05) is 5.32 Å². The topological polar surface area (TPSA) is 58.6 Å². The molecule has 0 saturated heterocycles. The number of phenolic OH excluding ortho intramolecular Hbond substituents is 1. The van der Waals surface area contributed by atoms with Gasteiger partial charge in [-0.05, 0) is 54.7 Å². The summed E-state index contributed by atoms with van der Waals surface area (Å²) in [6.45, 7) is 1.32. The molecule has 148 valence electrons. The third-order valence-electron chi connectivity index (χ3n) is 5.13. The van der Waals surface area contributed by atoms with E-state index in [9.17, 15) is 14.3 Å². The summed E-state index contributed by atoms with van der Waals surface area (Å²) in [4.78, 5) is 11.2. The van der Waals surface area contributed by atoms with Crippen LogP contribution in [0.2, 0.25) is 0 Å². The summed E-state index contributed by atoms with van der Waals surface area (Å²) in [5.74, 6) is -0.0495. The Kier molecular flexibility index (Phi) is 5.21. The fourth-order valence-electron chi connectivity index (χ4n) is 3.40. The molecule has 3 aromatic rings. The average Bonchev–Trinajstić information content (AvgIpc) is 2.66. The van der Waals surface area contributed by atoms with E-state index in [1.54, 1.807) is 12.1 Å². The minimum absolute atomic E-state index is 0.0694. The number of carbonyl (C=O) groups excluding carboxylic acids is 1. The van der Waals surface area contributed by atoms with Crippen molar-refractivity contribution in [1.82, 2.24) is 0 Å². The van der Waals surface area contributed by atoms with Gasteiger partial charge in [-0.3, -0.25) is 4.79 Å². The lowest BCUT2D eigenvalue weighted by Crippen LogP contribution is -2.24. The van der Waals surface area contributed by atoms with Gasteiger partial charge < -0.3 is 15.2 Å². The standard InChI is InChI=1S/C24H22FNO3/c1-15(27)26-23-12-11-17(14-22(23)25)21-10-4-9-20(24(21)28)16-5-2-8-19(13-16)29-18-6-3-7-18/h2,4-5,8-14,18,28H,3,6-7H2,1H3,(H,26,27). The third kappa shape index (κ3) is 4.09. The Balaban J connectivity index is 1.67. The highest BCUT2D eigenvalue weighted by molar-refractivity contribution is 5.89. The monoisotopic (exact) mass is 391 g/mol. The molecule has 1 amide bonds. The average molecular weight is 391 g/mol. The first-order valence-electron chi connectivity index (χ1n) is 9.68. The largest absolute Gasteiger partial charge is 0.507 e. The quantitative estimate of drug-likeness (QED) is 0.582. The van der Waals surface area contributed by atoms with E-state index in [0.717, 1.165) is 24.2 Å². The van der Waals surface area contributed by atoms with Gasteiger partial charge >= 0.3 is 0 Å². The van der Waals surface area contributed by atoms with Crippen LogP contribution in [0.1, 0.15) is 26.2 Å². The third-order valence-corrected chi connectivity index (χ3v) is 5.13. The second-order valence-electron chi connectivity index (χ2n) is 7.28. The molecule has 4 rings (SSSR count). The van der Waals surface area contributed by atoms with Crippen molar-refractivity contribution >= 4 is 11.6 Å². The normalized spacial score (nSPS) is 13.6. The first kappa shape index (κ1) is 19.0. The molecular formula is C24H22FNO3. The van der Waals surface area contributed by atoms with Crippen LogP contribution in [0.3, 0.4) is 0 Å². The lowest BCUT2D eigenvalue weighted by atomic mass is 9.95. The Morgan fingerprint density at radius 1 is 1.03 bits per heavy atom. The van der Waals surface area contributed by atoms with E-state index >= 15 is 0 Å². The maximum atomic E-state index is 14.4. The molecule has 4 nitrogen and oxygen atoms in total. The number of carbonyl (C=O) groups is 1. The van der Waals surface area contributed by atoms with Crippen LogP contribution in [0.15, 0.2) is 60.7 Å². The summed E-state index contributed by atoms with van der Waals surface area (Å²) in [5.41, 5.74) is 2.63. The first-order chi connectivity index (χ1) is 14.0. The summed E-state index contributed by atoms with van der Waals surface area (Å²) >= 11 is 0. The van der Waals surface area contributed by atoms with Gasteiger partial charge in [0, 0.05) is 18.1 Å². The lowest BCUT2D eigenvalue weighted by molar-refractivity contribution is -0.114. The van der Waals surface area contributed by atoms with Crippen molar-refractivity contribution in [3.8, 4) is 33.8 Å². The smallest absolute Gasteiger partial charge is 0.221 e. The van der Waals surface area contributed by atoms with E-state index in [1.807, 2.05) is 36.4 Å². The molecule has 3 aromatic carbocycles. The fraction of sp³-hybridized carbons (Fsp3) is 0.208. The molecule has 0 bridgehead atoms. The molecule has 1 saturated carbocycles. The molecule has 29 heavy (non-hydrogen) atoms. The predicted octanol–water partition coefficient (Wildman–Crippen LogP) is 5.76. The fourth-order valence-corrected chi connectivity index (χ4v) is 3.40. The van der Waals surface area contributed by atoms with Gasteiger partial charge in [0.1, 0.15) is 17.3 Å². The number of ether oxygens (including phenoxy) is 1. The molecule has 5 heteroatoms. The zero-order valence-electron chi connectivity index (χ0n) is 16.1. The van der Waals surface area contributed by atoms with E-state index in [2.05, 4.69) is 5.32 Å². The molecule has 0 atom stereocenters. The van der Waals surface area contributed by atoms with Crippen LogP contribution >= 0.6 is 0 Å². The van der Waals surface area contributed by atoms with Crippen molar-refractivity contribution < 1.29 is 19.0 Å². The summed E-state index contributed by atoms with van der Waals surface area (Å²) < 4.78 is 20.3. The van der Waals surface area contributed by atoms with E-state index in [0.29, 0.717) is 16.7 Å². The highest BCUT2D eigenvalue weighted by Gasteiger charge is 2.19. The van der Waals surface area contributed by atoms with Crippen LogP contribution < -0.4 is 10.1 Å². The zero-order valence-corrected chi connectivity index (χ0v) is 16.1. The number of rotatable bonds is 5. The molecule has 0 heterocycles. The summed E-state index contributed by atoms with van der Waals surface area (Å²) in [6.07, 6.45) is 3.62. The van der Waals surface area contributed by atoms with Gasteiger partial charge in [0.25, 0.3) is 0 Å². The minimum atomic E-state index is -0.557. The van der Waals surface area contributed by atoms with E-state index in [-0.39, 0.29) is 23.4 Å². The number of phenols is 1. The maximum absolute atomic E-state index is 14.4. The lowest BCUT2D eigenvalue weighted by Gasteiger charge is -2.26. The Morgan fingerprint density at radius 2 is 1.72 bits per heavy atom. The Labute approximate surface area is 169 Å². The molecule has 1 fully saturated rings. The van der Waals surface area contributed by atoms with Crippen molar-refractivity contribution in [2.45, 2.75) is 32.3 Å². The first-order valence-corrected chi connectivity index (χ1v) is 9.68. The molecule has 1 aliphatic rings. The molecule has 0 radical (unpaired) electrons. The zero-order chi connectivity index (χ0) is 20.4. The summed E-state index contributed by atoms with van der Waals surface area (Å²) in [6, 6.07) is 17.5. The second-order valence-corrected chi connectivity index (χ2v) is 7.28. The van der Waals surface area contributed by atoms with E-state index in [4.69, 9.17) is 4.74 Å². The van der Waals surface area contributed by atoms with Crippen LogP contribution in [0, 0.1) is 5.82 Å². The Bertz CT molecular complexity index is 1060. The van der Waals surface area contributed by atoms with Gasteiger partial charge in [-0.25, -0.2) is 4.39 Å². The molecule has 1 aliphatic carbocycles. The summed E-state index contributed by atoms with van der Waals surface area (Å²) in [7, 11) is 0. The number of hydrogen-bond donors (Lipinski definition) is 2. The van der Waals surface area contributed by atoms with Crippen molar-refractivity contribution in [2.24, 2.45) is 0 Å². The Morgan fingerprint density at radius 3 is 2.34 bits per heavy atom. The van der Waals surface area contributed by atoms with Crippen molar-refractivity contribution in [1.29, 1.82) is 0 Å². The van der Waals surface area contributed by atoms with Crippen molar-refractivity contribution in [3.63, 3.8) is 0 Å². The summed E-state index contributed by atoms with van der Waals surface area (Å²) in [5, 5.41) is 13.3. The number of amides is 1. The van der Waals surface area contributed by atoms with Crippen LogP contribution in [-0.4, -0.2) is 17.1 Å². The van der Waals surface area contributed by atoms with Gasteiger partial charge in [-0.1, -0.05) is 36.4 Å². The van der Waals surface area contributed by atoms with Gasteiger partial charge in [0.05, 0.1) is 11.8 Å². The maximum Gasteiger partial charge on any atom is 0.221 e. The van der Waals surface area contributed by atoms with Crippen LogP contribution in [0.25, 0.3) is 22.3 Å². The number of para-hydroxylation sites is 1. The molecule has 0 spiro atoms. The SMILES string of the molecule is CC(=O)Nc1ccc(-c2cccc(-c3cccc(OC4CCC4)c3)c2O)cc1F. The molecular weight excluding hydrogens is 369 g/mol. The van der Waals surface area contributed by atoms with Gasteiger partial charge in [-0.2, -0.15) is 0 Å². The van der Waals surface area contributed by atoms with Gasteiger partial charge in [-0.15, -0.1) is 0 Å². The number of hydrogen-bond acceptors (Lipinski definition) is 3.